The van der Waals surface area contributed by atoms with E-state index in [0.717, 1.165) is 39.4 Å². The van der Waals surface area contributed by atoms with Gasteiger partial charge in [-0.2, -0.15) is 0 Å². The lowest BCUT2D eigenvalue weighted by atomic mass is 10.1. The number of thioether (sulfide) groups is 1. The quantitative estimate of drug-likeness (QED) is 0.662. The maximum atomic E-state index is 12.2. The maximum Gasteiger partial charge on any atom is 0.234 e. The Labute approximate surface area is 151 Å². The van der Waals surface area contributed by atoms with Gasteiger partial charge in [0.05, 0.1) is 18.4 Å². The number of aryl methyl sites for hydroxylation is 1. The fourth-order valence-corrected chi connectivity index (χ4v) is 3.44. The van der Waals surface area contributed by atoms with Crippen LogP contribution in [0.4, 0.5) is 5.69 Å². The molecule has 0 spiro atoms. The van der Waals surface area contributed by atoms with Gasteiger partial charge in [-0.1, -0.05) is 43.0 Å². The Morgan fingerprint density at radius 1 is 1.16 bits per heavy atom. The normalized spacial score (nSPS) is 10.6. The molecule has 1 heterocycles. The maximum absolute atomic E-state index is 12.2. The lowest BCUT2D eigenvalue weighted by Crippen LogP contribution is -2.14. The van der Waals surface area contributed by atoms with Crippen LogP contribution in [0.5, 0.6) is 5.75 Å². The van der Waals surface area contributed by atoms with Crippen LogP contribution in [-0.2, 0) is 11.2 Å². The van der Waals surface area contributed by atoms with Gasteiger partial charge in [-0.25, -0.2) is 4.98 Å². The molecular formula is C20H20N2O2S. The topological polar surface area (TPSA) is 51.2 Å². The van der Waals surface area contributed by atoms with E-state index in [-0.39, 0.29) is 5.91 Å². The number of hydrogen-bond donors (Lipinski definition) is 1. The van der Waals surface area contributed by atoms with Crippen LogP contribution in [0.15, 0.2) is 59.6 Å². The highest BCUT2D eigenvalue weighted by Gasteiger charge is 2.10. The highest BCUT2D eigenvalue weighted by molar-refractivity contribution is 8.00. The number of fused-ring (bicyclic) bond motifs is 1. The predicted octanol–water partition coefficient (Wildman–Crippen LogP) is 4.54. The van der Waals surface area contributed by atoms with Gasteiger partial charge in [-0.15, -0.1) is 0 Å². The number of ether oxygens (including phenoxy) is 1. The van der Waals surface area contributed by atoms with E-state index < -0.39 is 0 Å². The number of hydrogen-bond acceptors (Lipinski definition) is 4. The molecule has 1 aromatic heterocycles. The zero-order valence-corrected chi connectivity index (χ0v) is 15.1. The summed E-state index contributed by atoms with van der Waals surface area (Å²) in [5, 5.41) is 4.94. The van der Waals surface area contributed by atoms with Gasteiger partial charge in [0.1, 0.15) is 10.8 Å². The fourth-order valence-electron chi connectivity index (χ4n) is 2.55. The number of nitrogens with one attached hydrogen (secondary N) is 1. The summed E-state index contributed by atoms with van der Waals surface area (Å²) < 4.78 is 5.17. The van der Waals surface area contributed by atoms with Crippen molar-refractivity contribution in [3.63, 3.8) is 0 Å². The molecule has 128 valence electrons. The van der Waals surface area contributed by atoms with Crippen molar-refractivity contribution < 1.29 is 9.53 Å². The van der Waals surface area contributed by atoms with Gasteiger partial charge in [-0.3, -0.25) is 4.79 Å². The third-order valence-electron chi connectivity index (χ3n) is 3.84. The summed E-state index contributed by atoms with van der Waals surface area (Å²) in [4.78, 5) is 17.0. The number of methoxy groups -OCH3 is 1. The summed E-state index contributed by atoms with van der Waals surface area (Å²) in [7, 11) is 1.61. The van der Waals surface area contributed by atoms with Gasteiger partial charge < -0.3 is 10.1 Å². The van der Waals surface area contributed by atoms with Crippen LogP contribution in [0.25, 0.3) is 10.9 Å². The summed E-state index contributed by atoms with van der Waals surface area (Å²) in [6.45, 7) is 2.10. The number of anilines is 1. The molecule has 25 heavy (non-hydrogen) atoms. The van der Waals surface area contributed by atoms with E-state index >= 15 is 0 Å². The van der Waals surface area contributed by atoms with Crippen molar-refractivity contribution in [3.05, 3.63) is 60.2 Å². The minimum Gasteiger partial charge on any atom is -0.497 e. The van der Waals surface area contributed by atoms with Crippen molar-refractivity contribution in [2.75, 3.05) is 18.2 Å². The van der Waals surface area contributed by atoms with Crippen LogP contribution in [0.3, 0.4) is 0 Å². The number of para-hydroxylation sites is 1. The second kappa shape index (κ2) is 8.03. The molecule has 0 unspecified atom stereocenters. The van der Waals surface area contributed by atoms with Crippen molar-refractivity contribution in [1.82, 2.24) is 4.98 Å². The summed E-state index contributed by atoms with van der Waals surface area (Å²) in [5.41, 5.74) is 2.85. The first kappa shape index (κ1) is 17.3. The molecule has 3 aromatic rings. The molecular weight excluding hydrogens is 332 g/mol. The van der Waals surface area contributed by atoms with Crippen LogP contribution < -0.4 is 10.1 Å². The number of carbonyl (C=O) groups excluding carboxylic acids is 1. The number of nitrogens with zero attached hydrogens (tertiary/aromatic N) is 1. The monoisotopic (exact) mass is 352 g/mol. The van der Waals surface area contributed by atoms with E-state index in [9.17, 15) is 4.79 Å². The van der Waals surface area contributed by atoms with E-state index in [1.54, 1.807) is 13.2 Å². The zero-order valence-electron chi connectivity index (χ0n) is 14.3. The molecule has 0 fully saturated rings. The van der Waals surface area contributed by atoms with Crippen LogP contribution in [0.2, 0.25) is 0 Å². The predicted molar refractivity (Wildman–Crippen MR) is 103 cm³/mol. The van der Waals surface area contributed by atoms with E-state index in [1.165, 1.54) is 11.8 Å². The Kier molecular flexibility index (Phi) is 5.56. The molecule has 1 amide bonds. The molecule has 0 saturated carbocycles. The Hall–Kier alpha value is -2.53. The molecule has 0 bridgehead atoms. The molecule has 2 aromatic carbocycles. The lowest BCUT2D eigenvalue weighted by molar-refractivity contribution is -0.113. The van der Waals surface area contributed by atoms with Crippen molar-refractivity contribution >= 4 is 34.3 Å². The van der Waals surface area contributed by atoms with Crippen molar-refractivity contribution in [1.29, 1.82) is 0 Å². The van der Waals surface area contributed by atoms with Gasteiger partial charge in [0.15, 0.2) is 0 Å². The van der Waals surface area contributed by atoms with E-state index in [0.29, 0.717) is 5.75 Å². The molecule has 0 aliphatic rings. The molecule has 5 heteroatoms. The number of rotatable bonds is 6. The van der Waals surface area contributed by atoms with Crippen LogP contribution >= 0.6 is 11.8 Å². The van der Waals surface area contributed by atoms with Crippen molar-refractivity contribution in [2.45, 2.75) is 18.4 Å². The van der Waals surface area contributed by atoms with Crippen molar-refractivity contribution in [2.24, 2.45) is 0 Å². The Morgan fingerprint density at radius 2 is 2.00 bits per heavy atom. The van der Waals surface area contributed by atoms with Gasteiger partial charge in [0.25, 0.3) is 0 Å². The van der Waals surface area contributed by atoms with Crippen LogP contribution in [0, 0.1) is 0 Å². The third-order valence-corrected chi connectivity index (χ3v) is 4.87. The summed E-state index contributed by atoms with van der Waals surface area (Å²) in [6.07, 6.45) is 0.887. The molecule has 4 nitrogen and oxygen atoms in total. The molecule has 3 rings (SSSR count). The number of aromatic nitrogens is 1. The molecule has 1 N–H and O–H groups in total. The number of pyridine rings is 1. The summed E-state index contributed by atoms with van der Waals surface area (Å²) in [6, 6.07) is 17.5. The van der Waals surface area contributed by atoms with Gasteiger partial charge in [0.2, 0.25) is 5.91 Å². The van der Waals surface area contributed by atoms with E-state index in [1.807, 2.05) is 36.4 Å². The Morgan fingerprint density at radius 3 is 2.80 bits per heavy atom. The molecule has 0 aliphatic heterocycles. The highest BCUT2D eigenvalue weighted by atomic mass is 32.2. The van der Waals surface area contributed by atoms with Gasteiger partial charge in [0, 0.05) is 17.1 Å². The molecule has 0 atom stereocenters. The Bertz CT molecular complexity index is 896. The molecule has 0 aliphatic carbocycles. The standard InChI is InChI=1S/C20H20N2O2S/c1-3-14-11-15-7-4-5-10-18(15)22-20(14)25-13-19(23)21-16-8-6-9-17(12-16)24-2/h4-12H,3,13H2,1-2H3,(H,21,23). The minimum atomic E-state index is -0.0599. The van der Waals surface area contributed by atoms with Gasteiger partial charge in [-0.05, 0) is 36.2 Å². The van der Waals surface area contributed by atoms with E-state index in [2.05, 4.69) is 24.4 Å². The second-order valence-electron chi connectivity index (χ2n) is 5.57. The third kappa shape index (κ3) is 4.31. The smallest absolute Gasteiger partial charge is 0.234 e. The van der Waals surface area contributed by atoms with Gasteiger partial charge >= 0.3 is 0 Å². The SMILES string of the molecule is CCc1cc2ccccc2nc1SCC(=O)Nc1cccc(OC)c1. The largest absolute Gasteiger partial charge is 0.497 e. The summed E-state index contributed by atoms with van der Waals surface area (Å²) in [5.74, 6) is 0.973. The number of amides is 1. The van der Waals surface area contributed by atoms with Crippen LogP contribution in [0.1, 0.15) is 12.5 Å². The first-order valence-corrected chi connectivity index (χ1v) is 9.13. The lowest BCUT2D eigenvalue weighted by Gasteiger charge is -2.10. The number of benzene rings is 2. The molecule has 0 saturated heterocycles. The first-order valence-electron chi connectivity index (χ1n) is 8.15. The van der Waals surface area contributed by atoms with Crippen molar-refractivity contribution in [3.8, 4) is 5.75 Å². The average Bonchev–Trinajstić information content (AvgIpc) is 2.65. The average molecular weight is 352 g/mol. The summed E-state index contributed by atoms with van der Waals surface area (Å²) >= 11 is 1.47. The fraction of sp³-hybridized carbons (Fsp3) is 0.200. The van der Waals surface area contributed by atoms with Crippen LogP contribution in [-0.4, -0.2) is 23.8 Å². The zero-order chi connectivity index (χ0) is 17.6. The minimum absolute atomic E-state index is 0.0599. The second-order valence-corrected chi connectivity index (χ2v) is 6.53. The Balaban J connectivity index is 1.70. The molecule has 0 radical (unpaired) electrons. The first-order chi connectivity index (χ1) is 12.2. The van der Waals surface area contributed by atoms with E-state index in [4.69, 9.17) is 9.72 Å². The number of carbonyl (C=O) groups is 1. The highest BCUT2D eigenvalue weighted by Crippen LogP contribution is 2.26.